The molecule has 202 valence electrons. The van der Waals surface area contributed by atoms with E-state index in [2.05, 4.69) is 146 Å². The molecule has 0 bridgehead atoms. The topological polar surface area (TPSA) is 13.1 Å². The largest absolute Gasteiger partial charge is 0.455 e. The van der Waals surface area contributed by atoms with Gasteiger partial charge in [-0.2, -0.15) is 0 Å². The van der Waals surface area contributed by atoms with E-state index in [1.807, 2.05) is 6.07 Å². The summed E-state index contributed by atoms with van der Waals surface area (Å²) in [4.78, 5) is 0. The minimum atomic E-state index is 0.242. The first-order chi connectivity index (χ1) is 21.3. The van der Waals surface area contributed by atoms with Crippen LogP contribution in [0.25, 0.3) is 55.0 Å². The molecule has 0 spiro atoms. The van der Waals surface area contributed by atoms with Crippen LogP contribution < -0.4 is 10.4 Å². The van der Waals surface area contributed by atoms with Gasteiger partial charge in [0.05, 0.1) is 0 Å². The quantitative estimate of drug-likeness (QED) is 0.214. The predicted octanol–water partition coefficient (Wildman–Crippen LogP) is 9.32. The molecule has 1 heteroatoms. The molecule has 9 rings (SSSR count). The Bertz CT molecular complexity index is 2410. The van der Waals surface area contributed by atoms with E-state index >= 15 is 0 Å². The van der Waals surface area contributed by atoms with Crippen molar-refractivity contribution in [3.8, 4) is 11.1 Å². The molecule has 1 atom stereocenters. The van der Waals surface area contributed by atoms with Crippen LogP contribution in [0.4, 0.5) is 0 Å². The minimum absolute atomic E-state index is 0.242. The minimum Gasteiger partial charge on any atom is -0.455 e. The Morgan fingerprint density at radius 1 is 0.535 bits per heavy atom. The summed E-state index contributed by atoms with van der Waals surface area (Å²) < 4.78 is 6.56. The van der Waals surface area contributed by atoms with Gasteiger partial charge in [0.1, 0.15) is 11.2 Å². The molecule has 6 aromatic carbocycles. The number of benzene rings is 6. The van der Waals surface area contributed by atoms with Crippen molar-refractivity contribution in [1.82, 2.24) is 0 Å². The lowest BCUT2D eigenvalue weighted by Crippen LogP contribution is -2.37. The number of furan rings is 1. The first-order valence-corrected chi connectivity index (χ1v) is 15.0. The van der Waals surface area contributed by atoms with Crippen LogP contribution in [0.5, 0.6) is 0 Å². The zero-order chi connectivity index (χ0) is 28.3. The number of hydrogen-bond donors (Lipinski definition) is 0. The molecule has 0 amide bonds. The van der Waals surface area contributed by atoms with Gasteiger partial charge >= 0.3 is 0 Å². The van der Waals surface area contributed by atoms with Crippen molar-refractivity contribution in [2.45, 2.75) is 6.42 Å². The second-order valence-corrected chi connectivity index (χ2v) is 11.6. The Morgan fingerprint density at radius 3 is 2.12 bits per heavy atom. The summed E-state index contributed by atoms with van der Waals surface area (Å²) in [7, 11) is 0. The molecule has 43 heavy (non-hydrogen) atoms. The zero-order valence-corrected chi connectivity index (χ0v) is 23.6. The fourth-order valence-electron chi connectivity index (χ4n) is 7.35. The normalized spacial score (nSPS) is 16.0. The second-order valence-electron chi connectivity index (χ2n) is 11.6. The lowest BCUT2D eigenvalue weighted by Gasteiger charge is -2.31. The first kappa shape index (κ1) is 24.2. The highest BCUT2D eigenvalue weighted by Crippen LogP contribution is 2.43. The van der Waals surface area contributed by atoms with Crippen LogP contribution in [0.2, 0.25) is 0 Å². The fraction of sp³-hybridized carbons (Fsp3) is 0.0476. The zero-order valence-electron chi connectivity index (χ0n) is 23.6. The van der Waals surface area contributed by atoms with E-state index in [9.17, 15) is 0 Å². The van der Waals surface area contributed by atoms with Crippen LogP contribution in [0.1, 0.15) is 17.5 Å². The summed E-state index contributed by atoms with van der Waals surface area (Å²) in [5.74, 6) is 0.242. The monoisotopic (exact) mass is 548 g/mol. The van der Waals surface area contributed by atoms with Crippen molar-refractivity contribution in [3.63, 3.8) is 0 Å². The van der Waals surface area contributed by atoms with E-state index in [-0.39, 0.29) is 5.92 Å². The summed E-state index contributed by atoms with van der Waals surface area (Å²) in [6, 6.07) is 48.3. The second kappa shape index (κ2) is 9.58. The highest BCUT2D eigenvalue weighted by atomic mass is 16.3. The molecule has 1 nitrogen and oxygen atoms in total. The van der Waals surface area contributed by atoms with Gasteiger partial charge in [-0.1, -0.05) is 146 Å². The third-order valence-electron chi connectivity index (χ3n) is 9.25. The Hall–Kier alpha value is -5.40. The average molecular weight is 549 g/mol. The average Bonchev–Trinajstić information content (AvgIpc) is 3.46. The lowest BCUT2D eigenvalue weighted by atomic mass is 9.72. The van der Waals surface area contributed by atoms with Gasteiger partial charge in [-0.05, 0) is 67.1 Å². The number of para-hydroxylation sites is 2. The molecule has 1 unspecified atom stereocenters. The molecule has 0 saturated carbocycles. The third-order valence-corrected chi connectivity index (χ3v) is 9.25. The maximum Gasteiger partial charge on any atom is 0.142 e. The maximum absolute atomic E-state index is 6.56. The summed E-state index contributed by atoms with van der Waals surface area (Å²) in [5, 5.41) is 7.47. The highest BCUT2D eigenvalue weighted by molar-refractivity contribution is 6.08. The van der Waals surface area contributed by atoms with E-state index in [4.69, 9.17) is 4.42 Å². The van der Waals surface area contributed by atoms with Gasteiger partial charge in [-0.15, -0.1) is 0 Å². The number of rotatable bonds is 3. The molecule has 0 N–H and O–H groups in total. The molecule has 0 saturated heterocycles. The predicted molar refractivity (Wildman–Crippen MR) is 179 cm³/mol. The third kappa shape index (κ3) is 3.72. The van der Waals surface area contributed by atoms with Gasteiger partial charge in [0, 0.05) is 22.3 Å². The Morgan fingerprint density at radius 2 is 1.21 bits per heavy atom. The van der Waals surface area contributed by atoms with Gasteiger partial charge in [0.2, 0.25) is 0 Å². The van der Waals surface area contributed by atoms with Crippen LogP contribution in [-0.4, -0.2) is 0 Å². The van der Waals surface area contributed by atoms with E-state index in [1.54, 1.807) is 0 Å². The van der Waals surface area contributed by atoms with Gasteiger partial charge in [0.25, 0.3) is 0 Å². The molecule has 2 aliphatic carbocycles. The Labute approximate surface area is 250 Å². The van der Waals surface area contributed by atoms with E-state index < -0.39 is 0 Å². The summed E-state index contributed by atoms with van der Waals surface area (Å²) in [5.41, 5.74) is 10.9. The number of hydrogen-bond acceptors (Lipinski definition) is 1. The molecular weight excluding hydrogens is 520 g/mol. The van der Waals surface area contributed by atoms with Crippen molar-refractivity contribution < 1.29 is 4.42 Å². The van der Waals surface area contributed by atoms with Crippen molar-refractivity contribution in [2.75, 3.05) is 0 Å². The molecule has 1 aromatic heterocycles. The molecule has 1 heterocycles. The summed E-state index contributed by atoms with van der Waals surface area (Å²) in [6.07, 6.45) is 7.83. The lowest BCUT2D eigenvalue weighted by molar-refractivity contribution is 0.665. The maximum atomic E-state index is 6.56. The first-order valence-electron chi connectivity index (χ1n) is 15.0. The van der Waals surface area contributed by atoms with Crippen LogP contribution >= 0.6 is 0 Å². The number of allylic oxidation sites excluding steroid dienone is 4. The smallest absolute Gasteiger partial charge is 0.142 e. The molecule has 2 aliphatic rings. The van der Waals surface area contributed by atoms with E-state index in [0.29, 0.717) is 0 Å². The standard InChI is InChI=1S/C42H28O/c1-2-13-30-27(11-1)12-9-19-31(30)28-23-25-29(26-24-28)40-33-15-3-5-17-35(33)41(36-18-6-4-16-34(36)40)38-21-10-20-37-32-14-7-8-22-39(32)43-42(37)38/h1-17,19-26,36H,18H2. The fourth-order valence-corrected chi connectivity index (χ4v) is 7.35. The van der Waals surface area contributed by atoms with Crippen molar-refractivity contribution in [1.29, 1.82) is 0 Å². The Balaban J connectivity index is 1.30. The SMILES string of the molecule is C1=CCC2C(=C1)C(c1ccc(-c3cccc4ccccc34)cc1)=c1ccccc1=C2c1cccc2c1oc1ccccc12. The van der Waals surface area contributed by atoms with Crippen molar-refractivity contribution in [2.24, 2.45) is 5.92 Å². The van der Waals surface area contributed by atoms with Gasteiger partial charge in [0.15, 0.2) is 0 Å². The van der Waals surface area contributed by atoms with Gasteiger partial charge in [-0.25, -0.2) is 0 Å². The summed E-state index contributed by atoms with van der Waals surface area (Å²) >= 11 is 0. The van der Waals surface area contributed by atoms with Gasteiger partial charge < -0.3 is 4.42 Å². The molecule has 0 fully saturated rings. The van der Waals surface area contributed by atoms with Crippen LogP contribution in [0.3, 0.4) is 0 Å². The van der Waals surface area contributed by atoms with Crippen LogP contribution in [-0.2, 0) is 0 Å². The van der Waals surface area contributed by atoms with Crippen LogP contribution in [0.15, 0.2) is 162 Å². The highest BCUT2D eigenvalue weighted by Gasteiger charge is 2.30. The van der Waals surface area contributed by atoms with Gasteiger partial charge in [-0.3, -0.25) is 0 Å². The van der Waals surface area contributed by atoms with E-state index in [1.165, 1.54) is 71.0 Å². The van der Waals surface area contributed by atoms with Crippen molar-refractivity contribution >= 4 is 43.9 Å². The van der Waals surface area contributed by atoms with Crippen LogP contribution in [0, 0.1) is 5.92 Å². The molecule has 0 radical (unpaired) electrons. The number of fused-ring (bicyclic) bond motifs is 6. The molecule has 0 aliphatic heterocycles. The molecule has 7 aromatic rings. The Kier molecular flexibility index (Phi) is 5.39. The van der Waals surface area contributed by atoms with Crippen molar-refractivity contribution in [3.05, 3.63) is 179 Å². The summed E-state index contributed by atoms with van der Waals surface area (Å²) in [6.45, 7) is 0. The molecular formula is C42H28O. The van der Waals surface area contributed by atoms with E-state index in [0.717, 1.165) is 17.6 Å².